The SMILES string of the molecule is Fc1ccc([C@H]2CCN2Cc2cnc(C3CCCCC3)nc2)cc1. The van der Waals surface area contributed by atoms with Crippen LogP contribution in [0.5, 0.6) is 0 Å². The molecule has 0 radical (unpaired) electrons. The van der Waals surface area contributed by atoms with Gasteiger partial charge in [0.05, 0.1) is 0 Å². The Labute approximate surface area is 142 Å². The Balaban J connectivity index is 1.39. The molecule has 0 spiro atoms. The van der Waals surface area contributed by atoms with Crippen molar-refractivity contribution in [1.29, 1.82) is 0 Å². The van der Waals surface area contributed by atoms with Crippen LogP contribution in [-0.4, -0.2) is 21.4 Å². The zero-order chi connectivity index (χ0) is 16.4. The fourth-order valence-corrected chi connectivity index (χ4v) is 3.94. The molecule has 0 bridgehead atoms. The molecule has 0 amide bonds. The highest BCUT2D eigenvalue weighted by atomic mass is 19.1. The highest BCUT2D eigenvalue weighted by molar-refractivity contribution is 5.22. The first-order valence-corrected chi connectivity index (χ1v) is 9.10. The molecule has 0 unspecified atom stereocenters. The summed E-state index contributed by atoms with van der Waals surface area (Å²) in [5.41, 5.74) is 2.36. The van der Waals surface area contributed by atoms with E-state index in [1.807, 2.05) is 24.5 Å². The maximum absolute atomic E-state index is 13.1. The van der Waals surface area contributed by atoms with Crippen molar-refractivity contribution >= 4 is 0 Å². The van der Waals surface area contributed by atoms with Gasteiger partial charge in [-0.25, -0.2) is 14.4 Å². The molecule has 0 N–H and O–H groups in total. The van der Waals surface area contributed by atoms with E-state index < -0.39 is 0 Å². The molecule has 1 aromatic heterocycles. The highest BCUT2D eigenvalue weighted by Crippen LogP contribution is 2.35. The lowest BCUT2D eigenvalue weighted by Crippen LogP contribution is -2.40. The summed E-state index contributed by atoms with van der Waals surface area (Å²) >= 11 is 0. The van der Waals surface area contributed by atoms with Gasteiger partial charge < -0.3 is 0 Å². The third kappa shape index (κ3) is 3.34. The average Bonchev–Trinajstić information content (AvgIpc) is 2.62. The fourth-order valence-electron chi connectivity index (χ4n) is 3.94. The molecule has 4 rings (SSSR count). The number of benzene rings is 1. The Hall–Kier alpha value is -1.81. The van der Waals surface area contributed by atoms with Crippen molar-refractivity contribution in [2.24, 2.45) is 0 Å². The zero-order valence-electron chi connectivity index (χ0n) is 14.0. The molecule has 1 saturated heterocycles. The summed E-state index contributed by atoms with van der Waals surface area (Å²) in [6, 6.07) is 7.29. The summed E-state index contributed by atoms with van der Waals surface area (Å²) in [5, 5.41) is 0. The van der Waals surface area contributed by atoms with Crippen molar-refractivity contribution < 1.29 is 4.39 Å². The van der Waals surface area contributed by atoms with Crippen LogP contribution in [0.15, 0.2) is 36.7 Å². The van der Waals surface area contributed by atoms with Crippen molar-refractivity contribution in [3.8, 4) is 0 Å². The lowest BCUT2D eigenvalue weighted by Gasteiger charge is -2.41. The topological polar surface area (TPSA) is 29.0 Å². The largest absolute Gasteiger partial charge is 0.292 e. The Kier molecular flexibility index (Phi) is 4.56. The van der Waals surface area contributed by atoms with Gasteiger partial charge in [-0.15, -0.1) is 0 Å². The lowest BCUT2D eigenvalue weighted by atomic mass is 9.88. The van der Waals surface area contributed by atoms with E-state index in [9.17, 15) is 4.39 Å². The summed E-state index contributed by atoms with van der Waals surface area (Å²) in [4.78, 5) is 11.7. The van der Waals surface area contributed by atoms with Crippen LogP contribution in [-0.2, 0) is 6.54 Å². The number of halogens is 1. The normalized spacial score (nSPS) is 22.3. The number of hydrogen-bond acceptors (Lipinski definition) is 3. The first-order chi connectivity index (χ1) is 11.8. The molecule has 2 aliphatic rings. The van der Waals surface area contributed by atoms with Gasteiger partial charge in [0.15, 0.2) is 0 Å². The van der Waals surface area contributed by atoms with Gasteiger partial charge in [-0.2, -0.15) is 0 Å². The number of hydrogen-bond donors (Lipinski definition) is 0. The molecule has 1 aromatic carbocycles. The second kappa shape index (κ2) is 6.98. The Morgan fingerprint density at radius 2 is 1.67 bits per heavy atom. The summed E-state index contributed by atoms with van der Waals surface area (Å²) in [6.45, 7) is 1.94. The van der Waals surface area contributed by atoms with Gasteiger partial charge in [0.2, 0.25) is 0 Å². The van der Waals surface area contributed by atoms with Gasteiger partial charge in [0.1, 0.15) is 11.6 Å². The summed E-state index contributed by atoms with van der Waals surface area (Å²) < 4.78 is 13.1. The average molecular weight is 325 g/mol. The minimum Gasteiger partial charge on any atom is -0.292 e. The molecule has 126 valence electrons. The molecule has 24 heavy (non-hydrogen) atoms. The lowest BCUT2D eigenvalue weighted by molar-refractivity contribution is 0.0816. The van der Waals surface area contributed by atoms with Crippen LogP contribution in [0.25, 0.3) is 0 Å². The number of nitrogens with zero attached hydrogens (tertiary/aromatic N) is 3. The summed E-state index contributed by atoms with van der Waals surface area (Å²) in [7, 11) is 0. The molecule has 1 saturated carbocycles. The van der Waals surface area contributed by atoms with E-state index in [0.29, 0.717) is 12.0 Å². The van der Waals surface area contributed by atoms with Crippen molar-refractivity contribution in [2.75, 3.05) is 6.54 Å². The number of likely N-dealkylation sites (tertiary alicyclic amines) is 1. The van der Waals surface area contributed by atoms with Gasteiger partial charge in [-0.1, -0.05) is 31.4 Å². The molecule has 1 aliphatic carbocycles. The fraction of sp³-hybridized carbons (Fsp3) is 0.500. The van der Waals surface area contributed by atoms with Gasteiger partial charge in [0.25, 0.3) is 0 Å². The van der Waals surface area contributed by atoms with E-state index >= 15 is 0 Å². The minimum atomic E-state index is -0.170. The van der Waals surface area contributed by atoms with E-state index in [0.717, 1.165) is 25.3 Å². The van der Waals surface area contributed by atoms with Crippen molar-refractivity contribution in [2.45, 2.75) is 57.0 Å². The van der Waals surface area contributed by atoms with Gasteiger partial charge in [-0.05, 0) is 37.0 Å². The maximum Gasteiger partial charge on any atom is 0.131 e. The van der Waals surface area contributed by atoms with E-state index in [-0.39, 0.29) is 5.82 Å². The molecule has 2 heterocycles. The predicted octanol–water partition coefficient (Wildman–Crippen LogP) is 4.61. The standard InChI is InChI=1S/C20H24FN3/c21-18-8-6-16(7-9-18)19-10-11-24(19)14-15-12-22-20(23-13-15)17-4-2-1-3-5-17/h6-9,12-13,17,19H,1-5,10-11,14H2/t19-/m1/s1. The monoisotopic (exact) mass is 325 g/mol. The van der Waals surface area contributed by atoms with Crippen LogP contribution in [0.2, 0.25) is 0 Å². The summed E-state index contributed by atoms with van der Waals surface area (Å²) in [6.07, 6.45) is 11.6. The van der Waals surface area contributed by atoms with Crippen molar-refractivity contribution in [3.05, 3.63) is 59.4 Å². The first kappa shape index (κ1) is 15.7. The molecule has 3 nitrogen and oxygen atoms in total. The van der Waals surface area contributed by atoms with Crippen LogP contribution in [0, 0.1) is 5.82 Å². The molecular formula is C20H24FN3. The van der Waals surface area contributed by atoms with Crippen molar-refractivity contribution in [1.82, 2.24) is 14.9 Å². The van der Waals surface area contributed by atoms with E-state index in [4.69, 9.17) is 0 Å². The van der Waals surface area contributed by atoms with Gasteiger partial charge >= 0.3 is 0 Å². The third-order valence-electron chi connectivity index (χ3n) is 5.47. The second-order valence-corrected chi connectivity index (χ2v) is 7.11. The molecule has 2 fully saturated rings. The smallest absolute Gasteiger partial charge is 0.131 e. The quantitative estimate of drug-likeness (QED) is 0.822. The minimum absolute atomic E-state index is 0.170. The van der Waals surface area contributed by atoms with Crippen LogP contribution in [0.3, 0.4) is 0 Å². The van der Waals surface area contributed by atoms with Crippen LogP contribution in [0.1, 0.15) is 67.4 Å². The van der Waals surface area contributed by atoms with Gasteiger partial charge in [-0.3, -0.25) is 4.90 Å². The van der Waals surface area contributed by atoms with E-state index in [1.165, 1.54) is 43.2 Å². The molecular weight excluding hydrogens is 301 g/mol. The van der Waals surface area contributed by atoms with E-state index in [1.54, 1.807) is 12.1 Å². The Morgan fingerprint density at radius 1 is 0.958 bits per heavy atom. The summed E-state index contributed by atoms with van der Waals surface area (Å²) in [5.74, 6) is 1.41. The van der Waals surface area contributed by atoms with Crippen LogP contribution in [0.4, 0.5) is 4.39 Å². The third-order valence-corrected chi connectivity index (χ3v) is 5.47. The first-order valence-electron chi connectivity index (χ1n) is 9.10. The zero-order valence-corrected chi connectivity index (χ0v) is 14.0. The molecule has 4 heteroatoms. The maximum atomic E-state index is 13.1. The molecule has 1 aliphatic heterocycles. The van der Waals surface area contributed by atoms with Crippen LogP contribution >= 0.6 is 0 Å². The number of rotatable bonds is 4. The Bertz CT molecular complexity index is 662. The van der Waals surface area contributed by atoms with Crippen LogP contribution < -0.4 is 0 Å². The Morgan fingerprint density at radius 3 is 2.29 bits per heavy atom. The molecule has 1 atom stereocenters. The highest BCUT2D eigenvalue weighted by Gasteiger charge is 2.29. The van der Waals surface area contributed by atoms with E-state index in [2.05, 4.69) is 14.9 Å². The number of aromatic nitrogens is 2. The predicted molar refractivity (Wildman–Crippen MR) is 92.0 cm³/mol. The van der Waals surface area contributed by atoms with Gasteiger partial charge in [0, 0.05) is 43.0 Å². The second-order valence-electron chi connectivity index (χ2n) is 7.11. The molecule has 2 aromatic rings. The van der Waals surface area contributed by atoms with Crippen molar-refractivity contribution in [3.63, 3.8) is 0 Å².